The van der Waals surface area contributed by atoms with E-state index in [0.717, 1.165) is 0 Å². The van der Waals surface area contributed by atoms with Crippen LogP contribution in [0.2, 0.25) is 0 Å². The minimum absolute atomic E-state index is 0.251. The van der Waals surface area contributed by atoms with Gasteiger partial charge in [0, 0.05) is 16.6 Å². The Hall–Kier alpha value is -1.19. The fraction of sp³-hybridized carbons (Fsp3) is 0.500. The summed E-state index contributed by atoms with van der Waals surface area (Å²) in [4.78, 5) is 0. The third-order valence-electron chi connectivity index (χ3n) is 2.66. The average molecular weight is 354 g/mol. The van der Waals surface area contributed by atoms with Gasteiger partial charge < -0.3 is 0 Å². The van der Waals surface area contributed by atoms with Gasteiger partial charge in [-0.2, -0.15) is 26.3 Å². The molecule has 0 aliphatic rings. The Morgan fingerprint density at radius 3 is 1.91 bits per heavy atom. The normalized spacial score (nSPS) is 15.1. The number of hydrogen-bond donors (Lipinski definition) is 0. The van der Waals surface area contributed by atoms with Crippen molar-refractivity contribution in [2.24, 2.45) is 0 Å². The van der Waals surface area contributed by atoms with Crippen LogP contribution in [0.1, 0.15) is 5.56 Å². The topological polar surface area (TPSA) is 17.1 Å². The van der Waals surface area contributed by atoms with Crippen molar-refractivity contribution in [1.82, 2.24) is 0 Å². The second-order valence-electron chi connectivity index (χ2n) is 4.42. The second kappa shape index (κ2) is 6.51. The molecule has 1 nitrogen and oxygen atoms in total. The fourth-order valence-corrected chi connectivity index (χ4v) is 2.74. The number of halogens is 8. The summed E-state index contributed by atoms with van der Waals surface area (Å²) in [6.07, 6.45) is -4.98. The van der Waals surface area contributed by atoms with E-state index in [-0.39, 0.29) is 5.56 Å². The van der Waals surface area contributed by atoms with Gasteiger partial charge in [0.25, 0.3) is 0 Å². The predicted octanol–water partition coefficient (Wildman–Crippen LogP) is 4.11. The molecule has 0 radical (unpaired) electrons. The van der Waals surface area contributed by atoms with Gasteiger partial charge in [-0.1, -0.05) is 30.3 Å². The first-order chi connectivity index (χ1) is 9.92. The lowest BCUT2D eigenvalue weighted by atomic mass is 10.1. The van der Waals surface area contributed by atoms with E-state index in [1.54, 1.807) is 6.07 Å². The van der Waals surface area contributed by atoms with E-state index in [2.05, 4.69) is 0 Å². The van der Waals surface area contributed by atoms with Gasteiger partial charge in [-0.15, -0.1) is 0 Å². The van der Waals surface area contributed by atoms with Gasteiger partial charge in [0.2, 0.25) is 0 Å². The SMILES string of the molecule is O=[S@](Cc1ccccc1)CC(F)(F)C(F)(F)C(F)(F)C(F)F. The summed E-state index contributed by atoms with van der Waals surface area (Å²) in [7, 11) is -2.64. The Morgan fingerprint density at radius 1 is 0.955 bits per heavy atom. The van der Waals surface area contributed by atoms with Crippen molar-refractivity contribution in [2.75, 3.05) is 5.75 Å². The van der Waals surface area contributed by atoms with Crippen molar-refractivity contribution in [1.29, 1.82) is 0 Å². The third-order valence-corrected chi connectivity index (χ3v) is 4.00. The minimum atomic E-state index is -6.32. The first-order valence-corrected chi connectivity index (χ1v) is 7.21. The molecule has 0 saturated carbocycles. The number of rotatable bonds is 7. The summed E-state index contributed by atoms with van der Waals surface area (Å²) in [6.45, 7) is 0. The standard InChI is InChI=1S/C12H10F8OS/c13-9(14)11(17,18)12(19,20)10(15,16)7-22(21)6-8-4-2-1-3-5-8/h1-5,9H,6-7H2/t22-/m1/s1. The molecule has 1 aromatic carbocycles. The molecular formula is C12H10F8OS. The van der Waals surface area contributed by atoms with Crippen molar-refractivity contribution in [2.45, 2.75) is 29.9 Å². The van der Waals surface area contributed by atoms with E-state index < -0.39 is 46.5 Å². The molecule has 0 aliphatic heterocycles. The highest BCUT2D eigenvalue weighted by Crippen LogP contribution is 2.48. The quantitative estimate of drug-likeness (QED) is 0.674. The molecule has 22 heavy (non-hydrogen) atoms. The van der Waals surface area contributed by atoms with Crippen LogP contribution in [0.5, 0.6) is 0 Å². The Kier molecular flexibility index (Phi) is 5.58. The van der Waals surface area contributed by atoms with Crippen LogP contribution in [-0.4, -0.2) is 34.2 Å². The van der Waals surface area contributed by atoms with E-state index in [0.29, 0.717) is 0 Å². The summed E-state index contributed by atoms with van der Waals surface area (Å²) in [6, 6.07) is 7.21. The van der Waals surface area contributed by atoms with Gasteiger partial charge in [0.05, 0.1) is 5.75 Å². The summed E-state index contributed by atoms with van der Waals surface area (Å²) in [5.74, 6) is -20.8. The first kappa shape index (κ1) is 18.9. The van der Waals surface area contributed by atoms with Crippen molar-refractivity contribution in [3.63, 3.8) is 0 Å². The molecule has 0 fully saturated rings. The molecule has 10 heteroatoms. The van der Waals surface area contributed by atoms with Gasteiger partial charge >= 0.3 is 24.2 Å². The summed E-state index contributed by atoms with van der Waals surface area (Å²) >= 11 is 0. The summed E-state index contributed by atoms with van der Waals surface area (Å²) in [5, 5.41) is 0. The summed E-state index contributed by atoms with van der Waals surface area (Å²) in [5.41, 5.74) is 0.251. The van der Waals surface area contributed by atoms with E-state index in [1.807, 2.05) is 0 Å². The van der Waals surface area contributed by atoms with Crippen molar-refractivity contribution >= 4 is 10.8 Å². The van der Waals surface area contributed by atoms with Gasteiger partial charge in [-0.25, -0.2) is 8.78 Å². The molecule has 0 saturated heterocycles. The molecule has 0 aromatic heterocycles. The molecule has 0 heterocycles. The molecule has 0 N–H and O–H groups in total. The first-order valence-electron chi connectivity index (χ1n) is 5.72. The second-order valence-corrected chi connectivity index (χ2v) is 5.87. The van der Waals surface area contributed by atoms with Crippen LogP contribution in [-0.2, 0) is 16.6 Å². The van der Waals surface area contributed by atoms with Crippen LogP contribution in [0.4, 0.5) is 35.1 Å². The summed E-state index contributed by atoms with van der Waals surface area (Å²) < 4.78 is 113. The zero-order chi connectivity index (χ0) is 17.2. The van der Waals surface area contributed by atoms with Gasteiger partial charge in [-0.3, -0.25) is 4.21 Å². The largest absolute Gasteiger partial charge is 0.378 e. The monoisotopic (exact) mass is 354 g/mol. The number of benzene rings is 1. The van der Waals surface area contributed by atoms with Crippen LogP contribution in [0.25, 0.3) is 0 Å². The molecule has 0 bridgehead atoms. The lowest BCUT2D eigenvalue weighted by Gasteiger charge is -2.31. The van der Waals surface area contributed by atoms with Crippen LogP contribution in [0.3, 0.4) is 0 Å². The Labute approximate surface area is 122 Å². The van der Waals surface area contributed by atoms with E-state index in [1.165, 1.54) is 24.3 Å². The van der Waals surface area contributed by atoms with Crippen molar-refractivity contribution in [3.05, 3.63) is 35.9 Å². The van der Waals surface area contributed by atoms with Crippen LogP contribution < -0.4 is 0 Å². The zero-order valence-corrected chi connectivity index (χ0v) is 11.5. The molecule has 0 spiro atoms. The van der Waals surface area contributed by atoms with Gasteiger partial charge in [0.15, 0.2) is 0 Å². The average Bonchev–Trinajstić information content (AvgIpc) is 2.38. The lowest BCUT2D eigenvalue weighted by Crippen LogP contribution is -2.59. The molecule has 1 rings (SSSR count). The zero-order valence-electron chi connectivity index (χ0n) is 10.7. The maximum absolute atomic E-state index is 13.3. The van der Waals surface area contributed by atoms with Crippen molar-refractivity contribution < 1.29 is 39.3 Å². The van der Waals surface area contributed by atoms with Crippen LogP contribution in [0, 0.1) is 0 Å². The number of alkyl halides is 8. The van der Waals surface area contributed by atoms with E-state index in [4.69, 9.17) is 0 Å². The van der Waals surface area contributed by atoms with Crippen molar-refractivity contribution in [3.8, 4) is 0 Å². The molecule has 0 unspecified atom stereocenters. The minimum Gasteiger partial charge on any atom is -0.259 e. The van der Waals surface area contributed by atoms with E-state index >= 15 is 0 Å². The highest BCUT2D eigenvalue weighted by Gasteiger charge is 2.75. The highest BCUT2D eigenvalue weighted by molar-refractivity contribution is 7.84. The van der Waals surface area contributed by atoms with Gasteiger partial charge in [-0.05, 0) is 5.56 Å². The maximum Gasteiger partial charge on any atom is 0.378 e. The number of hydrogen-bond acceptors (Lipinski definition) is 1. The Balaban J connectivity index is 2.88. The van der Waals surface area contributed by atoms with Crippen LogP contribution >= 0.6 is 0 Å². The fourth-order valence-electron chi connectivity index (χ4n) is 1.48. The molecule has 0 aliphatic carbocycles. The molecular weight excluding hydrogens is 344 g/mol. The predicted molar refractivity (Wildman–Crippen MR) is 64.0 cm³/mol. The van der Waals surface area contributed by atoms with Crippen LogP contribution in [0.15, 0.2) is 30.3 Å². The Morgan fingerprint density at radius 2 is 1.45 bits per heavy atom. The molecule has 1 aromatic rings. The Bertz CT molecular complexity index is 517. The third kappa shape index (κ3) is 3.76. The maximum atomic E-state index is 13.3. The van der Waals surface area contributed by atoms with Gasteiger partial charge in [0.1, 0.15) is 0 Å². The van der Waals surface area contributed by atoms with E-state index in [9.17, 15) is 39.3 Å². The smallest absolute Gasteiger partial charge is 0.259 e. The molecule has 1 atom stereocenters. The molecule has 0 amide bonds. The molecule has 126 valence electrons. The highest BCUT2D eigenvalue weighted by atomic mass is 32.2. The lowest BCUT2D eigenvalue weighted by molar-refractivity contribution is -0.331.